The van der Waals surface area contributed by atoms with Crippen LogP contribution in [0.15, 0.2) is 30.4 Å². The Hall–Kier alpha value is -1.97. The van der Waals surface area contributed by atoms with Gasteiger partial charge in [0.1, 0.15) is 0 Å². The Morgan fingerprint density at radius 2 is 1.92 bits per heavy atom. The quantitative estimate of drug-likeness (QED) is 0.459. The average Bonchev–Trinajstić information content (AvgIpc) is 2.56. The van der Waals surface area contributed by atoms with Gasteiger partial charge in [-0.05, 0) is 56.7 Å². The lowest BCUT2D eigenvalue weighted by Crippen LogP contribution is -2.22. The first-order valence-electron chi connectivity index (χ1n) is 9.19. The Balaban J connectivity index is 2.35. The number of methoxy groups -OCH3 is 1. The minimum Gasteiger partial charge on any atom is -0.493 e. The van der Waals surface area contributed by atoms with Gasteiger partial charge in [0.05, 0.1) is 13.2 Å². The number of ether oxygens (including phenoxy) is 2. The van der Waals surface area contributed by atoms with Crippen LogP contribution in [0, 0.1) is 5.92 Å². The molecule has 0 radical (unpaired) electrons. The molecule has 1 aromatic rings. The standard InChI is InChI=1S/C21H33NO3/c1-16(2)10-8-6-7-9-11-21(23)22-15-18-12-13-19(25-17(3)4)20(14-18)24-5/h8,10,12-14,16-17H,6-7,9,11,15H2,1-5H3,(H,22,23)/b10-8+. The highest BCUT2D eigenvalue weighted by Crippen LogP contribution is 2.28. The van der Waals surface area contributed by atoms with E-state index < -0.39 is 0 Å². The summed E-state index contributed by atoms with van der Waals surface area (Å²) < 4.78 is 11.1. The van der Waals surface area contributed by atoms with Gasteiger partial charge in [-0.3, -0.25) is 4.79 Å². The molecule has 0 saturated carbocycles. The van der Waals surface area contributed by atoms with Crippen LogP contribution >= 0.6 is 0 Å². The van der Waals surface area contributed by atoms with Crippen molar-refractivity contribution < 1.29 is 14.3 Å². The summed E-state index contributed by atoms with van der Waals surface area (Å²) in [5.41, 5.74) is 1.00. The minimum atomic E-state index is 0.0920. The molecule has 4 heteroatoms. The highest BCUT2D eigenvalue weighted by atomic mass is 16.5. The maximum atomic E-state index is 11.9. The summed E-state index contributed by atoms with van der Waals surface area (Å²) in [7, 11) is 1.62. The molecule has 0 fully saturated rings. The molecule has 0 aromatic heterocycles. The topological polar surface area (TPSA) is 47.6 Å². The zero-order chi connectivity index (χ0) is 18.7. The van der Waals surface area contributed by atoms with Gasteiger partial charge < -0.3 is 14.8 Å². The molecule has 0 unspecified atom stereocenters. The number of hydrogen-bond donors (Lipinski definition) is 1. The molecule has 0 aliphatic carbocycles. The first kappa shape index (κ1) is 21.1. The summed E-state index contributed by atoms with van der Waals surface area (Å²) in [6.07, 6.45) is 8.08. The summed E-state index contributed by atoms with van der Waals surface area (Å²) in [6.45, 7) is 8.80. The van der Waals surface area contributed by atoms with E-state index >= 15 is 0 Å². The van der Waals surface area contributed by atoms with Gasteiger partial charge >= 0.3 is 0 Å². The Bertz CT molecular complexity index is 550. The maximum Gasteiger partial charge on any atom is 0.220 e. The van der Waals surface area contributed by atoms with Gasteiger partial charge in [-0.25, -0.2) is 0 Å². The predicted molar refractivity (Wildman–Crippen MR) is 103 cm³/mol. The zero-order valence-corrected chi connectivity index (χ0v) is 16.3. The van der Waals surface area contributed by atoms with Gasteiger partial charge in [0, 0.05) is 13.0 Å². The van der Waals surface area contributed by atoms with E-state index in [0.717, 1.165) is 30.6 Å². The number of rotatable bonds is 11. The number of amides is 1. The molecule has 0 heterocycles. The van der Waals surface area contributed by atoms with Crippen LogP contribution in [0.25, 0.3) is 0 Å². The van der Waals surface area contributed by atoms with Crippen molar-refractivity contribution in [1.29, 1.82) is 0 Å². The van der Waals surface area contributed by atoms with Crippen LogP contribution in [0.5, 0.6) is 11.5 Å². The van der Waals surface area contributed by atoms with Crippen molar-refractivity contribution in [2.45, 2.75) is 66.0 Å². The fraction of sp³-hybridized carbons (Fsp3) is 0.571. The molecule has 0 bridgehead atoms. The van der Waals surface area contributed by atoms with Gasteiger partial charge in [0.15, 0.2) is 11.5 Å². The second kappa shape index (κ2) is 11.6. The summed E-state index contributed by atoms with van der Waals surface area (Å²) in [6, 6.07) is 5.76. The predicted octanol–water partition coefficient (Wildman–Crippen LogP) is 4.87. The molecule has 1 aromatic carbocycles. The van der Waals surface area contributed by atoms with Crippen molar-refractivity contribution in [2.75, 3.05) is 7.11 Å². The monoisotopic (exact) mass is 347 g/mol. The molecule has 0 aliphatic rings. The van der Waals surface area contributed by atoms with Crippen molar-refractivity contribution in [3.63, 3.8) is 0 Å². The molecule has 0 saturated heterocycles. The molecule has 0 aliphatic heterocycles. The van der Waals surface area contributed by atoms with Crippen LogP contribution in [0.1, 0.15) is 58.9 Å². The minimum absolute atomic E-state index is 0.0920. The lowest BCUT2D eigenvalue weighted by molar-refractivity contribution is -0.121. The van der Waals surface area contributed by atoms with Gasteiger partial charge in [0.25, 0.3) is 0 Å². The van der Waals surface area contributed by atoms with E-state index in [0.29, 0.717) is 24.6 Å². The van der Waals surface area contributed by atoms with Gasteiger partial charge in [-0.1, -0.05) is 32.1 Å². The maximum absolute atomic E-state index is 11.9. The molecular weight excluding hydrogens is 314 g/mol. The Kier molecular flexibility index (Phi) is 9.75. The second-order valence-corrected chi connectivity index (χ2v) is 6.85. The summed E-state index contributed by atoms with van der Waals surface area (Å²) in [5.74, 6) is 2.10. The largest absolute Gasteiger partial charge is 0.493 e. The third kappa shape index (κ3) is 9.18. The Morgan fingerprint density at radius 3 is 2.56 bits per heavy atom. The van der Waals surface area contributed by atoms with E-state index in [1.54, 1.807) is 7.11 Å². The summed E-state index contributed by atoms with van der Waals surface area (Å²) >= 11 is 0. The van der Waals surface area contributed by atoms with Crippen molar-refractivity contribution in [3.05, 3.63) is 35.9 Å². The van der Waals surface area contributed by atoms with Crippen LogP contribution in [0.3, 0.4) is 0 Å². The van der Waals surface area contributed by atoms with E-state index in [2.05, 4.69) is 31.3 Å². The zero-order valence-electron chi connectivity index (χ0n) is 16.3. The van der Waals surface area contributed by atoms with Crippen molar-refractivity contribution >= 4 is 5.91 Å². The van der Waals surface area contributed by atoms with Crippen LogP contribution in [-0.2, 0) is 11.3 Å². The molecule has 140 valence electrons. The first-order valence-corrected chi connectivity index (χ1v) is 9.19. The lowest BCUT2D eigenvalue weighted by atomic mass is 10.1. The highest BCUT2D eigenvalue weighted by molar-refractivity contribution is 5.75. The van der Waals surface area contributed by atoms with Crippen molar-refractivity contribution in [2.24, 2.45) is 5.92 Å². The molecule has 25 heavy (non-hydrogen) atoms. The highest BCUT2D eigenvalue weighted by Gasteiger charge is 2.08. The number of nitrogens with one attached hydrogen (secondary N) is 1. The molecule has 4 nitrogen and oxygen atoms in total. The molecule has 1 rings (SSSR count). The smallest absolute Gasteiger partial charge is 0.220 e. The second-order valence-electron chi connectivity index (χ2n) is 6.85. The normalized spacial score (nSPS) is 11.3. The summed E-state index contributed by atoms with van der Waals surface area (Å²) in [4.78, 5) is 11.9. The molecule has 1 N–H and O–H groups in total. The number of benzene rings is 1. The van der Waals surface area contributed by atoms with Gasteiger partial charge in [0.2, 0.25) is 5.91 Å². The van der Waals surface area contributed by atoms with Crippen molar-refractivity contribution in [1.82, 2.24) is 5.32 Å². The van der Waals surface area contributed by atoms with E-state index in [1.165, 1.54) is 0 Å². The Labute approximate surface area is 152 Å². The first-order chi connectivity index (χ1) is 11.9. The third-order valence-electron chi connectivity index (χ3n) is 3.63. The van der Waals surface area contributed by atoms with E-state index in [1.807, 2.05) is 32.0 Å². The number of allylic oxidation sites excluding steroid dienone is 2. The molecule has 0 spiro atoms. The molecule has 0 atom stereocenters. The number of carbonyl (C=O) groups excluding carboxylic acids is 1. The number of unbranched alkanes of at least 4 members (excludes halogenated alkanes) is 2. The summed E-state index contributed by atoms with van der Waals surface area (Å²) in [5, 5.41) is 2.97. The van der Waals surface area contributed by atoms with E-state index in [9.17, 15) is 4.79 Å². The number of hydrogen-bond acceptors (Lipinski definition) is 3. The van der Waals surface area contributed by atoms with Crippen LogP contribution < -0.4 is 14.8 Å². The molecule has 1 amide bonds. The lowest BCUT2D eigenvalue weighted by Gasteiger charge is -2.14. The third-order valence-corrected chi connectivity index (χ3v) is 3.63. The van der Waals surface area contributed by atoms with E-state index in [-0.39, 0.29) is 12.0 Å². The van der Waals surface area contributed by atoms with Gasteiger partial charge in [-0.2, -0.15) is 0 Å². The van der Waals surface area contributed by atoms with Crippen molar-refractivity contribution in [3.8, 4) is 11.5 Å². The SMILES string of the molecule is COc1cc(CNC(=O)CCCC/C=C/C(C)C)ccc1OC(C)C. The number of carbonyl (C=O) groups is 1. The van der Waals surface area contributed by atoms with Gasteiger partial charge in [-0.15, -0.1) is 0 Å². The molecular formula is C21H33NO3. The van der Waals surface area contributed by atoms with E-state index in [4.69, 9.17) is 9.47 Å². The van der Waals surface area contributed by atoms with Crippen LogP contribution in [0.2, 0.25) is 0 Å². The van der Waals surface area contributed by atoms with Crippen LogP contribution in [-0.4, -0.2) is 19.1 Å². The Morgan fingerprint density at radius 1 is 1.16 bits per heavy atom. The fourth-order valence-electron chi connectivity index (χ4n) is 2.38. The fourth-order valence-corrected chi connectivity index (χ4v) is 2.38. The van der Waals surface area contributed by atoms with Crippen LogP contribution in [0.4, 0.5) is 0 Å². The average molecular weight is 347 g/mol.